The highest BCUT2D eigenvalue weighted by Gasteiger charge is 2.31. The van der Waals surface area contributed by atoms with Gasteiger partial charge in [-0.3, -0.25) is 0 Å². The van der Waals surface area contributed by atoms with Gasteiger partial charge < -0.3 is 9.80 Å². The van der Waals surface area contributed by atoms with Crippen LogP contribution in [0.4, 0.5) is 42.9 Å². The van der Waals surface area contributed by atoms with Crippen LogP contribution in [0.25, 0.3) is 76.8 Å². The second-order valence-corrected chi connectivity index (χ2v) is 62.3. The van der Waals surface area contributed by atoms with Crippen molar-refractivity contribution >= 4 is 146 Å². The monoisotopic (exact) mass is 1310 g/mol. The number of rotatable bonds is 16. The third-order valence-electron chi connectivity index (χ3n) is 18.9. The van der Waals surface area contributed by atoms with Crippen molar-refractivity contribution in [3.8, 4) is 44.5 Å². The summed E-state index contributed by atoms with van der Waals surface area (Å²) in [6.07, 6.45) is 0. The Morgan fingerprint density at radius 3 is 0.826 bits per heavy atom. The summed E-state index contributed by atoms with van der Waals surface area (Å²) in [4.78, 5) is 4.43. The molecule has 0 aliphatic carbocycles. The lowest BCUT2D eigenvalue weighted by Gasteiger charge is -2.32. The smallest absolute Gasteiger partial charge is 0.148 e. The fourth-order valence-electron chi connectivity index (χ4n) is 13.2. The van der Waals surface area contributed by atoms with Gasteiger partial charge in [-0.1, -0.05) is 307 Å². The lowest BCUT2D eigenvalue weighted by atomic mass is 9.90. The highest BCUT2D eigenvalue weighted by atomic mass is 28.3. The average molecular weight is 1310 g/mol. The molecule has 0 amide bonds. The molecule has 0 unspecified atom stereocenters. The maximum absolute atomic E-state index is 18.7. The molecule has 0 atom stereocenters. The first-order valence-corrected chi connectivity index (χ1v) is 53.8. The van der Waals surface area contributed by atoms with E-state index in [4.69, 9.17) is 0 Å². The summed E-state index contributed by atoms with van der Waals surface area (Å²) in [5.74, 6) is -0.600. The lowest BCUT2D eigenvalue weighted by molar-refractivity contribution is 0.629. The molecule has 2 nitrogen and oxygen atoms in total. The van der Waals surface area contributed by atoms with E-state index in [0.29, 0.717) is 11.4 Å². The van der Waals surface area contributed by atoms with Gasteiger partial charge in [0.2, 0.25) is 0 Å². The van der Waals surface area contributed by atoms with Gasteiger partial charge in [0.1, 0.15) is 11.6 Å². The molecule has 12 rings (SSSR count). The molecule has 12 aromatic rings. The molecule has 0 heterocycles. The normalized spacial score (nSPS) is 12.8. The first-order chi connectivity index (χ1) is 43.2. The number of halogens is 2. The van der Waals surface area contributed by atoms with Gasteiger partial charge in [-0.05, 0) is 116 Å². The number of anilines is 6. The first kappa shape index (κ1) is 64.5. The minimum absolute atomic E-state index is 0.300. The van der Waals surface area contributed by atoms with E-state index in [1.807, 2.05) is 0 Å². The maximum Gasteiger partial charge on any atom is 0.148 e. The largest absolute Gasteiger partial charge is 0.307 e. The molecule has 0 aliphatic rings. The molecule has 0 saturated carbocycles. The molecule has 0 spiro atoms. The van der Waals surface area contributed by atoms with Gasteiger partial charge in [-0.15, -0.1) is 0 Å². The van der Waals surface area contributed by atoms with E-state index in [1.54, 1.807) is 12.1 Å². The van der Waals surface area contributed by atoms with Crippen molar-refractivity contribution < 1.29 is 8.78 Å². The topological polar surface area (TPSA) is 6.48 Å². The molecule has 466 valence electrons. The summed E-state index contributed by atoms with van der Waals surface area (Å²) < 4.78 is 37.5. The van der Waals surface area contributed by atoms with Crippen LogP contribution in [-0.2, 0) is 0 Å². The lowest BCUT2D eigenvalue weighted by Crippen LogP contribution is -2.37. The molecule has 0 radical (unpaired) electrons. The van der Waals surface area contributed by atoms with Gasteiger partial charge in [-0.2, -0.15) is 0 Å². The Morgan fingerprint density at radius 2 is 0.533 bits per heavy atom. The van der Waals surface area contributed by atoms with Gasteiger partial charge in [0.25, 0.3) is 0 Å². The summed E-state index contributed by atoms with van der Waals surface area (Å²) in [5, 5.41) is 14.3. The van der Waals surface area contributed by atoms with Crippen LogP contribution in [0.5, 0.6) is 0 Å². The van der Waals surface area contributed by atoms with Gasteiger partial charge in [0.05, 0.1) is 71.2 Å². The minimum Gasteiger partial charge on any atom is -0.307 e. The predicted molar refractivity (Wildman–Crippen MR) is 419 cm³/mol. The van der Waals surface area contributed by atoms with Crippen molar-refractivity contribution in [2.24, 2.45) is 0 Å². The van der Waals surface area contributed by atoms with Crippen molar-refractivity contribution in [2.45, 2.75) is 118 Å². The summed E-state index contributed by atoms with van der Waals surface area (Å²) in [6, 6.07) is 79.2. The van der Waals surface area contributed by atoms with E-state index in [2.05, 4.69) is 334 Å². The van der Waals surface area contributed by atoms with Crippen LogP contribution in [0.15, 0.2) is 218 Å². The van der Waals surface area contributed by atoms with Crippen molar-refractivity contribution in [2.75, 3.05) is 9.80 Å². The van der Waals surface area contributed by atoms with Crippen LogP contribution in [0.2, 0.25) is 118 Å². The summed E-state index contributed by atoms with van der Waals surface area (Å²) in [6.45, 7) is 42.7. The fourth-order valence-corrected chi connectivity index (χ4v) is 20.2. The Bertz CT molecular complexity index is 4440. The Morgan fingerprint density at radius 1 is 0.250 bits per heavy atom. The Kier molecular flexibility index (Phi) is 16.7. The number of nitrogens with zero attached hydrogens (tertiary/aromatic N) is 2. The van der Waals surface area contributed by atoms with E-state index in [9.17, 15) is 0 Å². The van der Waals surface area contributed by atoms with Crippen LogP contribution < -0.4 is 40.9 Å². The third kappa shape index (κ3) is 12.6. The molecule has 92 heavy (non-hydrogen) atoms. The molecule has 10 heteroatoms. The van der Waals surface area contributed by atoms with E-state index < -0.39 is 48.4 Å². The van der Waals surface area contributed by atoms with Crippen LogP contribution in [0.1, 0.15) is 0 Å². The van der Waals surface area contributed by atoms with E-state index in [-0.39, 0.29) is 11.6 Å². The Labute approximate surface area is 553 Å². The van der Waals surface area contributed by atoms with Crippen LogP contribution in [-0.4, -0.2) is 48.4 Å². The fraction of sp³-hybridized carbons (Fsp3) is 0.220. The average Bonchev–Trinajstić information content (AvgIpc) is 0.718. The van der Waals surface area contributed by atoms with Gasteiger partial charge >= 0.3 is 0 Å². The third-order valence-corrected chi connectivity index (χ3v) is 31.3. The summed E-state index contributed by atoms with van der Waals surface area (Å²) >= 11 is 0. The molecule has 0 N–H and O–H groups in total. The zero-order chi connectivity index (χ0) is 65.8. The van der Waals surface area contributed by atoms with Crippen molar-refractivity contribution in [1.29, 1.82) is 0 Å². The number of benzene rings is 12. The minimum atomic E-state index is -1.90. The second kappa shape index (κ2) is 23.8. The summed E-state index contributed by atoms with van der Waals surface area (Å²) in [7, 11) is -10.4. The highest BCUT2D eigenvalue weighted by molar-refractivity contribution is 6.91. The molecule has 0 aromatic heterocycles. The SMILES string of the molecule is C[Si](C)(C)c1ccc(-c2cc(F)c(N(c3cccc([Si](C)(C)C)c3)c3ccc4ccc5c(N(c6cccc([Si](C)(C)C)c6)c6c(F)cc(-c7ccc([Si](C)(C)C)cc7)cc6-c6ccc([Si](C)(C)C)cc6)ccc6ccc3c4c65)c(-c3ccc([Si](C)(C)C)cc3)c2)cc1. The molecule has 0 bridgehead atoms. The van der Waals surface area contributed by atoms with E-state index in [1.165, 1.54) is 31.1 Å². The molecule has 12 aromatic carbocycles. The number of hydrogen-bond acceptors (Lipinski definition) is 2. The van der Waals surface area contributed by atoms with Crippen molar-refractivity contribution in [3.05, 3.63) is 230 Å². The van der Waals surface area contributed by atoms with Crippen molar-refractivity contribution in [3.63, 3.8) is 0 Å². The zero-order valence-corrected chi connectivity index (χ0v) is 63.4. The molecule has 0 fully saturated rings. The zero-order valence-electron chi connectivity index (χ0n) is 57.4. The van der Waals surface area contributed by atoms with Gasteiger partial charge in [-0.25, -0.2) is 8.78 Å². The molecule has 0 saturated heterocycles. The van der Waals surface area contributed by atoms with Gasteiger partial charge in [0.15, 0.2) is 0 Å². The second-order valence-electron chi connectivity index (χ2n) is 31.9. The molecule has 0 aliphatic heterocycles. The summed E-state index contributed by atoms with van der Waals surface area (Å²) in [5.41, 5.74) is 11.8. The Balaban J connectivity index is 1.14. The van der Waals surface area contributed by atoms with Crippen LogP contribution in [0, 0.1) is 11.6 Å². The van der Waals surface area contributed by atoms with Gasteiger partial charge in [0, 0.05) is 33.3 Å². The van der Waals surface area contributed by atoms with E-state index >= 15 is 8.78 Å². The van der Waals surface area contributed by atoms with Crippen molar-refractivity contribution in [1.82, 2.24) is 0 Å². The standard InChI is InChI=1S/C82H90F2N2Si6/c1-87(2,3)65-37-25-55(26-38-65)61-49-73(57-29-41-67(42-30-57)89(7,8)9)81(75(83)51-61)85(63-21-19-23-69(53-63)91(13,14)15)77-47-35-59-34-46-72-78(48-36-60-33-45-71(77)79(59)80(60)72)86(64-22-20-24-70(54-64)92(16,17)18)82-74(58-31-43-68(44-32-58)90(10,11)12)50-62(52-76(82)84)56-27-39-66(40-28-56)88(4,5)6/h19-54H,1-18H3. The Hall–Kier alpha value is -7.56. The highest BCUT2D eigenvalue weighted by Crippen LogP contribution is 2.52. The molecular formula is C82H90F2N2Si6. The molecular weight excluding hydrogens is 1220 g/mol. The number of hydrogen-bond donors (Lipinski definition) is 0. The maximum atomic E-state index is 18.7. The predicted octanol–water partition coefficient (Wildman–Crippen LogP) is 21.7. The van der Waals surface area contributed by atoms with E-state index in [0.717, 1.165) is 99.6 Å². The first-order valence-electron chi connectivity index (χ1n) is 32.8. The van der Waals surface area contributed by atoms with Crippen LogP contribution in [0.3, 0.4) is 0 Å². The quantitative estimate of drug-likeness (QED) is 0.0703. The van der Waals surface area contributed by atoms with Crippen LogP contribution >= 0.6 is 0 Å².